The summed E-state index contributed by atoms with van der Waals surface area (Å²) in [5.74, 6) is 2.00. The van der Waals surface area contributed by atoms with E-state index in [1.54, 1.807) is 0 Å². The Balaban J connectivity index is 1.56. The first kappa shape index (κ1) is 16.6. The van der Waals surface area contributed by atoms with Crippen molar-refractivity contribution >= 4 is 5.96 Å². The Morgan fingerprint density at radius 1 is 1.14 bits per heavy atom. The second kappa shape index (κ2) is 9.29. The number of nitrogens with one attached hydrogen (secondary N) is 2. The third-order valence-electron chi connectivity index (χ3n) is 4.91. The SMILES string of the molecule is CCC1CCCCN1CCNC(=NC)NCCCC1CC1. The molecule has 0 amide bonds. The van der Waals surface area contributed by atoms with Crippen LogP contribution in [0.3, 0.4) is 0 Å². The van der Waals surface area contributed by atoms with Gasteiger partial charge in [-0.2, -0.15) is 0 Å². The Hall–Kier alpha value is -0.770. The summed E-state index contributed by atoms with van der Waals surface area (Å²) in [4.78, 5) is 6.97. The average molecular weight is 294 g/mol. The fourth-order valence-corrected chi connectivity index (χ4v) is 3.36. The summed E-state index contributed by atoms with van der Waals surface area (Å²) in [5, 5.41) is 6.90. The highest BCUT2D eigenvalue weighted by atomic mass is 15.2. The molecule has 1 unspecified atom stereocenters. The van der Waals surface area contributed by atoms with Crippen molar-refractivity contribution in [2.75, 3.05) is 33.2 Å². The molecule has 0 radical (unpaired) electrons. The van der Waals surface area contributed by atoms with Crippen LogP contribution in [0.2, 0.25) is 0 Å². The summed E-state index contributed by atoms with van der Waals surface area (Å²) in [6.07, 6.45) is 11.0. The summed E-state index contributed by atoms with van der Waals surface area (Å²) >= 11 is 0. The predicted octanol–water partition coefficient (Wildman–Crippen LogP) is 2.61. The number of nitrogens with zero attached hydrogens (tertiary/aromatic N) is 2. The van der Waals surface area contributed by atoms with E-state index in [0.29, 0.717) is 0 Å². The molecular formula is C17H34N4. The highest BCUT2D eigenvalue weighted by molar-refractivity contribution is 5.79. The van der Waals surface area contributed by atoms with Crippen LogP contribution in [0, 0.1) is 5.92 Å². The van der Waals surface area contributed by atoms with Crippen LogP contribution in [0.4, 0.5) is 0 Å². The smallest absolute Gasteiger partial charge is 0.191 e. The lowest BCUT2D eigenvalue weighted by Gasteiger charge is -2.35. The van der Waals surface area contributed by atoms with Crippen LogP contribution in [0.1, 0.15) is 58.3 Å². The second-order valence-electron chi connectivity index (χ2n) is 6.61. The molecule has 0 aromatic heterocycles. The quantitative estimate of drug-likeness (QED) is 0.411. The average Bonchev–Trinajstić information content (AvgIpc) is 3.34. The van der Waals surface area contributed by atoms with E-state index in [2.05, 4.69) is 27.4 Å². The van der Waals surface area contributed by atoms with E-state index in [1.807, 2.05) is 7.05 Å². The van der Waals surface area contributed by atoms with E-state index in [9.17, 15) is 0 Å². The van der Waals surface area contributed by atoms with Crippen LogP contribution in [-0.4, -0.2) is 50.1 Å². The molecule has 1 aliphatic heterocycles. The van der Waals surface area contributed by atoms with E-state index in [0.717, 1.165) is 37.6 Å². The van der Waals surface area contributed by atoms with Crippen molar-refractivity contribution < 1.29 is 0 Å². The van der Waals surface area contributed by atoms with Gasteiger partial charge in [0.1, 0.15) is 0 Å². The molecule has 0 bridgehead atoms. The summed E-state index contributed by atoms with van der Waals surface area (Å²) in [7, 11) is 1.87. The maximum absolute atomic E-state index is 4.32. The third-order valence-corrected chi connectivity index (χ3v) is 4.91. The first-order chi connectivity index (χ1) is 10.3. The van der Waals surface area contributed by atoms with Gasteiger partial charge >= 0.3 is 0 Å². The van der Waals surface area contributed by atoms with Crippen molar-refractivity contribution in [1.82, 2.24) is 15.5 Å². The van der Waals surface area contributed by atoms with Gasteiger partial charge in [0.15, 0.2) is 5.96 Å². The number of guanidine groups is 1. The molecule has 21 heavy (non-hydrogen) atoms. The van der Waals surface area contributed by atoms with Crippen molar-refractivity contribution in [2.45, 2.75) is 64.3 Å². The maximum Gasteiger partial charge on any atom is 0.191 e. The molecule has 0 aromatic rings. The lowest BCUT2D eigenvalue weighted by molar-refractivity contribution is 0.147. The number of aliphatic imine (C=N–C) groups is 1. The third kappa shape index (κ3) is 6.25. The fourth-order valence-electron chi connectivity index (χ4n) is 3.36. The van der Waals surface area contributed by atoms with Gasteiger partial charge in [0.25, 0.3) is 0 Å². The Morgan fingerprint density at radius 3 is 2.67 bits per heavy atom. The minimum absolute atomic E-state index is 0.800. The molecule has 0 spiro atoms. The number of hydrogen-bond donors (Lipinski definition) is 2. The normalized spacial score (nSPS) is 24.1. The molecular weight excluding hydrogens is 260 g/mol. The van der Waals surface area contributed by atoms with Crippen molar-refractivity contribution in [3.8, 4) is 0 Å². The molecule has 1 heterocycles. The van der Waals surface area contributed by atoms with Gasteiger partial charge < -0.3 is 10.6 Å². The lowest BCUT2D eigenvalue weighted by Crippen LogP contribution is -2.46. The number of likely N-dealkylation sites (tertiary alicyclic amines) is 1. The molecule has 0 aromatic carbocycles. The van der Waals surface area contributed by atoms with E-state index < -0.39 is 0 Å². The topological polar surface area (TPSA) is 39.7 Å². The second-order valence-corrected chi connectivity index (χ2v) is 6.61. The van der Waals surface area contributed by atoms with Crippen LogP contribution in [0.5, 0.6) is 0 Å². The molecule has 4 heteroatoms. The lowest BCUT2D eigenvalue weighted by atomic mass is 10.0. The molecule has 1 aliphatic carbocycles. The molecule has 2 rings (SSSR count). The van der Waals surface area contributed by atoms with Crippen molar-refractivity contribution in [2.24, 2.45) is 10.9 Å². The Kier molecular flexibility index (Phi) is 7.34. The summed E-state index contributed by atoms with van der Waals surface area (Å²) in [5.41, 5.74) is 0. The number of hydrogen-bond acceptors (Lipinski definition) is 2. The van der Waals surface area contributed by atoms with Crippen LogP contribution in [0.25, 0.3) is 0 Å². The largest absolute Gasteiger partial charge is 0.356 e. The zero-order valence-corrected chi connectivity index (χ0v) is 14.0. The number of rotatable bonds is 8. The molecule has 2 N–H and O–H groups in total. The minimum Gasteiger partial charge on any atom is -0.356 e. The summed E-state index contributed by atoms with van der Waals surface area (Å²) in [6, 6.07) is 0.800. The van der Waals surface area contributed by atoms with Crippen LogP contribution >= 0.6 is 0 Å². The van der Waals surface area contributed by atoms with Crippen LogP contribution in [-0.2, 0) is 0 Å². The van der Waals surface area contributed by atoms with E-state index >= 15 is 0 Å². The molecule has 1 saturated carbocycles. The van der Waals surface area contributed by atoms with Gasteiger partial charge in [0.2, 0.25) is 0 Å². The van der Waals surface area contributed by atoms with Crippen LogP contribution in [0.15, 0.2) is 4.99 Å². The van der Waals surface area contributed by atoms with Gasteiger partial charge in [-0.25, -0.2) is 0 Å². The van der Waals surface area contributed by atoms with Gasteiger partial charge in [-0.05, 0) is 44.6 Å². The fraction of sp³-hybridized carbons (Fsp3) is 0.941. The van der Waals surface area contributed by atoms with Gasteiger partial charge in [-0.1, -0.05) is 26.2 Å². The van der Waals surface area contributed by atoms with Crippen LogP contribution < -0.4 is 10.6 Å². The first-order valence-electron chi connectivity index (χ1n) is 9.02. The van der Waals surface area contributed by atoms with Crippen molar-refractivity contribution in [1.29, 1.82) is 0 Å². The molecule has 1 saturated heterocycles. The Bertz CT molecular complexity index is 312. The zero-order valence-electron chi connectivity index (χ0n) is 14.0. The predicted molar refractivity (Wildman–Crippen MR) is 90.8 cm³/mol. The molecule has 4 nitrogen and oxygen atoms in total. The summed E-state index contributed by atoms with van der Waals surface area (Å²) in [6.45, 7) is 6.78. The van der Waals surface area contributed by atoms with E-state index in [1.165, 1.54) is 57.9 Å². The monoisotopic (exact) mass is 294 g/mol. The van der Waals surface area contributed by atoms with Crippen molar-refractivity contribution in [3.63, 3.8) is 0 Å². The molecule has 122 valence electrons. The highest BCUT2D eigenvalue weighted by Gasteiger charge is 2.20. The van der Waals surface area contributed by atoms with Gasteiger partial charge in [-0.3, -0.25) is 9.89 Å². The standard InChI is InChI=1S/C17H34N4/c1-3-16-8-4-5-13-21(16)14-12-20-17(18-2)19-11-6-7-15-9-10-15/h15-16H,3-14H2,1-2H3,(H2,18,19,20). The molecule has 1 atom stereocenters. The Morgan fingerprint density at radius 2 is 1.95 bits per heavy atom. The zero-order chi connectivity index (χ0) is 14.9. The van der Waals surface area contributed by atoms with Gasteiger partial charge in [0, 0.05) is 32.7 Å². The maximum atomic E-state index is 4.32. The molecule has 2 aliphatic rings. The first-order valence-corrected chi connectivity index (χ1v) is 9.02. The van der Waals surface area contributed by atoms with E-state index in [-0.39, 0.29) is 0 Å². The summed E-state index contributed by atoms with van der Waals surface area (Å²) < 4.78 is 0. The number of piperidine rings is 1. The van der Waals surface area contributed by atoms with E-state index in [4.69, 9.17) is 0 Å². The Labute approximate surface area is 130 Å². The van der Waals surface area contributed by atoms with Gasteiger partial charge in [0.05, 0.1) is 0 Å². The highest BCUT2D eigenvalue weighted by Crippen LogP contribution is 2.33. The minimum atomic E-state index is 0.800. The van der Waals surface area contributed by atoms with Crippen molar-refractivity contribution in [3.05, 3.63) is 0 Å². The molecule has 2 fully saturated rings. The van der Waals surface area contributed by atoms with Gasteiger partial charge in [-0.15, -0.1) is 0 Å².